The first-order valence-corrected chi connectivity index (χ1v) is 9.92. The first-order chi connectivity index (χ1) is 13.7. The molecule has 0 spiro atoms. The van der Waals surface area contributed by atoms with Crippen LogP contribution < -0.4 is 5.56 Å². The molecule has 4 heterocycles. The maximum Gasteiger partial charge on any atom is 0.266 e. The molecule has 0 amide bonds. The van der Waals surface area contributed by atoms with Gasteiger partial charge < -0.3 is 0 Å². The first-order valence-electron chi connectivity index (χ1n) is 9.92. The number of fused-ring (bicyclic) bond motifs is 1. The Hall–Kier alpha value is -2.80. The molecular weight excluding hydrogens is 352 g/mol. The second-order valence-electron chi connectivity index (χ2n) is 7.88. The molecule has 7 nitrogen and oxygen atoms in total. The number of aromatic nitrogens is 5. The molecule has 5 rings (SSSR count). The third-order valence-electron chi connectivity index (χ3n) is 5.88. The van der Waals surface area contributed by atoms with Crippen LogP contribution in [0, 0.1) is 5.92 Å². The Kier molecular flexibility index (Phi) is 4.31. The summed E-state index contributed by atoms with van der Waals surface area (Å²) in [7, 11) is 2.05. The summed E-state index contributed by atoms with van der Waals surface area (Å²) in [6.45, 7) is 3.60. The zero-order valence-corrected chi connectivity index (χ0v) is 16.1. The van der Waals surface area contributed by atoms with Gasteiger partial charge in [-0.05, 0) is 43.0 Å². The number of hydrogen-bond donors (Lipinski definition) is 0. The fourth-order valence-electron chi connectivity index (χ4n) is 4.42. The van der Waals surface area contributed by atoms with E-state index in [0.29, 0.717) is 12.5 Å². The standard InChI is InChI=1S/C21H24N6O/c1-25-20(17-3-2-4-19(17)23-25)14-26-11-15(12-26)13-27-21(28)6-5-18(24-27)16-7-9-22-10-8-16/h5-10,15H,2-4,11-14H2,1H3. The maximum atomic E-state index is 12.3. The van der Waals surface area contributed by atoms with E-state index >= 15 is 0 Å². The van der Waals surface area contributed by atoms with Crippen LogP contribution in [0.25, 0.3) is 11.3 Å². The number of pyridine rings is 1. The molecule has 0 bridgehead atoms. The monoisotopic (exact) mass is 376 g/mol. The van der Waals surface area contributed by atoms with Crippen molar-refractivity contribution in [3.05, 3.63) is 64.0 Å². The lowest BCUT2D eigenvalue weighted by Gasteiger charge is -2.39. The predicted octanol–water partition coefficient (Wildman–Crippen LogP) is 1.66. The molecule has 0 N–H and O–H groups in total. The Morgan fingerprint density at radius 1 is 1.07 bits per heavy atom. The molecule has 3 aromatic rings. The highest BCUT2D eigenvalue weighted by atomic mass is 16.1. The third kappa shape index (κ3) is 3.16. The second-order valence-corrected chi connectivity index (χ2v) is 7.88. The molecule has 0 radical (unpaired) electrons. The van der Waals surface area contributed by atoms with E-state index < -0.39 is 0 Å². The largest absolute Gasteiger partial charge is 0.297 e. The lowest BCUT2D eigenvalue weighted by molar-refractivity contribution is 0.0740. The fourth-order valence-corrected chi connectivity index (χ4v) is 4.42. The van der Waals surface area contributed by atoms with Gasteiger partial charge in [0.25, 0.3) is 5.56 Å². The van der Waals surface area contributed by atoms with Gasteiger partial charge in [0.05, 0.1) is 23.6 Å². The smallest absolute Gasteiger partial charge is 0.266 e. The van der Waals surface area contributed by atoms with Gasteiger partial charge in [-0.1, -0.05) is 0 Å². The van der Waals surface area contributed by atoms with Crippen molar-refractivity contribution >= 4 is 0 Å². The number of aryl methyl sites for hydroxylation is 2. The van der Waals surface area contributed by atoms with E-state index in [4.69, 9.17) is 0 Å². The van der Waals surface area contributed by atoms with E-state index in [2.05, 4.69) is 31.8 Å². The summed E-state index contributed by atoms with van der Waals surface area (Å²) < 4.78 is 3.67. The van der Waals surface area contributed by atoms with Gasteiger partial charge in [0.2, 0.25) is 0 Å². The van der Waals surface area contributed by atoms with E-state index in [0.717, 1.165) is 43.7 Å². The Morgan fingerprint density at radius 3 is 2.71 bits per heavy atom. The molecule has 1 aliphatic carbocycles. The van der Waals surface area contributed by atoms with Crippen molar-refractivity contribution in [2.24, 2.45) is 13.0 Å². The van der Waals surface area contributed by atoms with Gasteiger partial charge in [-0.15, -0.1) is 0 Å². The first kappa shape index (κ1) is 17.3. The van der Waals surface area contributed by atoms with Crippen molar-refractivity contribution in [2.45, 2.75) is 32.4 Å². The minimum Gasteiger partial charge on any atom is -0.297 e. The number of rotatable bonds is 5. The normalized spacial score (nSPS) is 16.9. The molecule has 7 heteroatoms. The number of likely N-dealkylation sites (tertiary alicyclic amines) is 1. The van der Waals surface area contributed by atoms with Crippen LogP contribution in [-0.4, -0.2) is 42.5 Å². The highest BCUT2D eigenvalue weighted by molar-refractivity contribution is 5.56. The van der Waals surface area contributed by atoms with Gasteiger partial charge in [-0.2, -0.15) is 10.2 Å². The summed E-state index contributed by atoms with van der Waals surface area (Å²) >= 11 is 0. The molecular formula is C21H24N6O. The zero-order valence-electron chi connectivity index (χ0n) is 16.1. The van der Waals surface area contributed by atoms with Crippen LogP contribution in [0.4, 0.5) is 0 Å². The van der Waals surface area contributed by atoms with Crippen LogP contribution in [0.15, 0.2) is 41.5 Å². The second kappa shape index (κ2) is 6.98. The molecule has 1 aliphatic heterocycles. The Morgan fingerprint density at radius 2 is 1.89 bits per heavy atom. The summed E-state index contributed by atoms with van der Waals surface area (Å²) in [6.07, 6.45) is 7.00. The highest BCUT2D eigenvalue weighted by Crippen LogP contribution is 2.27. The Bertz CT molecular complexity index is 1050. The molecule has 3 aromatic heterocycles. The van der Waals surface area contributed by atoms with E-state index in [1.165, 1.54) is 23.4 Å². The van der Waals surface area contributed by atoms with Gasteiger partial charge in [0, 0.05) is 56.6 Å². The van der Waals surface area contributed by atoms with E-state index in [1.54, 1.807) is 29.2 Å². The summed E-state index contributed by atoms with van der Waals surface area (Å²) in [4.78, 5) is 18.7. The molecule has 1 saturated heterocycles. The fraction of sp³-hybridized carbons (Fsp3) is 0.429. The SMILES string of the molecule is Cn1nc2c(c1CN1CC(Cn3nc(-c4ccncc4)ccc3=O)C1)CCC2. The van der Waals surface area contributed by atoms with Gasteiger partial charge in [0.1, 0.15) is 0 Å². The van der Waals surface area contributed by atoms with Crippen molar-refractivity contribution in [3.8, 4) is 11.3 Å². The molecule has 0 aromatic carbocycles. The topological polar surface area (TPSA) is 68.8 Å². The van der Waals surface area contributed by atoms with E-state index in [9.17, 15) is 4.79 Å². The molecule has 1 fully saturated rings. The van der Waals surface area contributed by atoms with E-state index in [1.807, 2.05) is 12.1 Å². The van der Waals surface area contributed by atoms with Crippen molar-refractivity contribution in [2.75, 3.05) is 13.1 Å². The van der Waals surface area contributed by atoms with Gasteiger partial charge in [0.15, 0.2) is 0 Å². The number of nitrogens with zero attached hydrogens (tertiary/aromatic N) is 6. The Labute approximate surface area is 163 Å². The highest BCUT2D eigenvalue weighted by Gasteiger charge is 2.30. The van der Waals surface area contributed by atoms with Crippen molar-refractivity contribution in [1.82, 2.24) is 29.4 Å². The molecule has 0 unspecified atom stereocenters. The van der Waals surface area contributed by atoms with Crippen molar-refractivity contribution in [3.63, 3.8) is 0 Å². The third-order valence-corrected chi connectivity index (χ3v) is 5.88. The quantitative estimate of drug-likeness (QED) is 0.677. The lowest BCUT2D eigenvalue weighted by atomic mass is 9.99. The maximum absolute atomic E-state index is 12.3. The van der Waals surface area contributed by atoms with Crippen LogP contribution in [0.5, 0.6) is 0 Å². The Balaban J connectivity index is 1.24. The van der Waals surface area contributed by atoms with Crippen LogP contribution in [0.1, 0.15) is 23.4 Å². The molecule has 2 aliphatic rings. The van der Waals surface area contributed by atoms with Crippen LogP contribution >= 0.6 is 0 Å². The van der Waals surface area contributed by atoms with Crippen LogP contribution in [-0.2, 0) is 33.0 Å². The van der Waals surface area contributed by atoms with Gasteiger partial charge in [-0.3, -0.25) is 19.4 Å². The molecule has 28 heavy (non-hydrogen) atoms. The van der Waals surface area contributed by atoms with Crippen LogP contribution in [0.3, 0.4) is 0 Å². The predicted molar refractivity (Wildman–Crippen MR) is 106 cm³/mol. The summed E-state index contributed by atoms with van der Waals surface area (Å²) in [5, 5.41) is 9.24. The summed E-state index contributed by atoms with van der Waals surface area (Å²) in [5.74, 6) is 0.458. The van der Waals surface area contributed by atoms with Gasteiger partial charge >= 0.3 is 0 Å². The van der Waals surface area contributed by atoms with Crippen molar-refractivity contribution < 1.29 is 0 Å². The molecule has 0 saturated carbocycles. The zero-order chi connectivity index (χ0) is 19.1. The average Bonchev–Trinajstić information content (AvgIpc) is 3.24. The average molecular weight is 376 g/mol. The number of hydrogen-bond acceptors (Lipinski definition) is 5. The molecule has 0 atom stereocenters. The lowest BCUT2D eigenvalue weighted by Crippen LogP contribution is -2.49. The van der Waals surface area contributed by atoms with Crippen molar-refractivity contribution in [1.29, 1.82) is 0 Å². The van der Waals surface area contributed by atoms with Gasteiger partial charge in [-0.25, -0.2) is 4.68 Å². The molecule has 144 valence electrons. The summed E-state index contributed by atoms with van der Waals surface area (Å²) in [6, 6.07) is 7.21. The van der Waals surface area contributed by atoms with Crippen LogP contribution in [0.2, 0.25) is 0 Å². The van der Waals surface area contributed by atoms with E-state index in [-0.39, 0.29) is 5.56 Å². The minimum absolute atomic E-state index is 0.0410. The summed E-state index contributed by atoms with van der Waals surface area (Å²) in [5.41, 5.74) is 5.86. The minimum atomic E-state index is -0.0410.